The van der Waals surface area contributed by atoms with Gasteiger partial charge in [0.15, 0.2) is 0 Å². The molecular weight excluding hydrogens is 246 g/mol. The lowest BCUT2D eigenvalue weighted by molar-refractivity contribution is 0.995. The van der Waals surface area contributed by atoms with E-state index in [1.807, 2.05) is 30.5 Å². The standard InChI is InChI=1S/C17H13N3/c1-2-6-12(7-3-1)15-10-16-17(20-19-15)14-9-5-4-8-13(14)11-18-16/h1-2,4-6,8-11H,3,7H2. The monoisotopic (exact) mass is 259 g/mol. The van der Waals surface area contributed by atoms with Crippen LogP contribution in [-0.4, -0.2) is 15.2 Å². The number of pyridine rings is 1. The van der Waals surface area contributed by atoms with E-state index in [0.29, 0.717) is 0 Å². The topological polar surface area (TPSA) is 38.7 Å². The van der Waals surface area contributed by atoms with E-state index in [2.05, 4.69) is 39.5 Å². The van der Waals surface area contributed by atoms with Crippen LogP contribution in [0.5, 0.6) is 0 Å². The molecule has 0 aliphatic heterocycles. The van der Waals surface area contributed by atoms with Gasteiger partial charge in [0.05, 0.1) is 11.2 Å². The van der Waals surface area contributed by atoms with Gasteiger partial charge in [-0.1, -0.05) is 42.5 Å². The van der Waals surface area contributed by atoms with Gasteiger partial charge >= 0.3 is 0 Å². The number of benzene rings is 1. The molecule has 0 N–H and O–H groups in total. The Hall–Kier alpha value is -2.55. The zero-order valence-corrected chi connectivity index (χ0v) is 11.0. The van der Waals surface area contributed by atoms with E-state index in [0.717, 1.165) is 40.3 Å². The Kier molecular flexibility index (Phi) is 2.56. The summed E-state index contributed by atoms with van der Waals surface area (Å²) in [4.78, 5) is 4.52. The fourth-order valence-corrected chi connectivity index (χ4v) is 2.61. The van der Waals surface area contributed by atoms with Crippen molar-refractivity contribution in [3.63, 3.8) is 0 Å². The minimum Gasteiger partial charge on any atom is -0.254 e. The molecule has 4 rings (SSSR count). The number of allylic oxidation sites excluding steroid dienone is 4. The first-order chi connectivity index (χ1) is 9.92. The number of rotatable bonds is 1. The fraction of sp³-hybridized carbons (Fsp3) is 0.118. The first kappa shape index (κ1) is 11.3. The number of fused-ring (bicyclic) bond motifs is 3. The third-order valence-electron chi connectivity index (χ3n) is 3.68. The molecule has 3 heteroatoms. The predicted octanol–water partition coefficient (Wildman–Crippen LogP) is 3.91. The summed E-state index contributed by atoms with van der Waals surface area (Å²) in [6.45, 7) is 0. The van der Waals surface area contributed by atoms with Gasteiger partial charge < -0.3 is 0 Å². The summed E-state index contributed by atoms with van der Waals surface area (Å²) in [6.07, 6.45) is 10.3. The molecule has 0 fully saturated rings. The minimum atomic E-state index is 0.874. The lowest BCUT2D eigenvalue weighted by Crippen LogP contribution is -1.96. The zero-order valence-electron chi connectivity index (χ0n) is 11.0. The SMILES string of the molecule is C1=CCCC(c2cc3ncc4ccccc4c3nn2)=C1. The van der Waals surface area contributed by atoms with E-state index in [9.17, 15) is 0 Å². The van der Waals surface area contributed by atoms with Crippen LogP contribution in [0.4, 0.5) is 0 Å². The molecule has 0 saturated carbocycles. The second-order valence-corrected chi connectivity index (χ2v) is 4.97. The average Bonchev–Trinajstić information content (AvgIpc) is 2.55. The molecule has 0 unspecified atom stereocenters. The van der Waals surface area contributed by atoms with Crippen LogP contribution in [0.2, 0.25) is 0 Å². The summed E-state index contributed by atoms with van der Waals surface area (Å²) in [6, 6.07) is 10.2. The summed E-state index contributed by atoms with van der Waals surface area (Å²) in [5, 5.41) is 11.0. The van der Waals surface area contributed by atoms with Crippen LogP contribution in [0, 0.1) is 0 Å². The summed E-state index contributed by atoms with van der Waals surface area (Å²) in [5.74, 6) is 0. The summed E-state index contributed by atoms with van der Waals surface area (Å²) in [7, 11) is 0. The molecule has 1 aliphatic carbocycles. The van der Waals surface area contributed by atoms with Crippen LogP contribution in [0.15, 0.2) is 54.8 Å². The van der Waals surface area contributed by atoms with Crippen molar-refractivity contribution in [3.05, 3.63) is 60.5 Å². The molecule has 1 aliphatic rings. The van der Waals surface area contributed by atoms with Gasteiger partial charge in [0.1, 0.15) is 5.52 Å². The first-order valence-electron chi connectivity index (χ1n) is 6.79. The second-order valence-electron chi connectivity index (χ2n) is 4.97. The highest BCUT2D eigenvalue weighted by atomic mass is 15.1. The number of hydrogen-bond acceptors (Lipinski definition) is 3. The van der Waals surface area contributed by atoms with E-state index in [1.54, 1.807) is 0 Å². The van der Waals surface area contributed by atoms with Crippen molar-refractivity contribution in [1.29, 1.82) is 0 Å². The smallest absolute Gasteiger partial charge is 0.119 e. The third-order valence-corrected chi connectivity index (χ3v) is 3.68. The molecule has 20 heavy (non-hydrogen) atoms. The van der Waals surface area contributed by atoms with Gasteiger partial charge in [-0.3, -0.25) is 4.98 Å². The number of aromatic nitrogens is 3. The predicted molar refractivity (Wildman–Crippen MR) is 81.2 cm³/mol. The zero-order chi connectivity index (χ0) is 13.4. The molecule has 96 valence electrons. The molecule has 2 heterocycles. The molecule has 0 spiro atoms. The summed E-state index contributed by atoms with van der Waals surface area (Å²) >= 11 is 0. The van der Waals surface area contributed by atoms with Gasteiger partial charge in [-0.15, -0.1) is 5.10 Å². The Morgan fingerprint density at radius 3 is 2.90 bits per heavy atom. The van der Waals surface area contributed by atoms with Gasteiger partial charge in [0.2, 0.25) is 0 Å². The van der Waals surface area contributed by atoms with Crippen LogP contribution in [-0.2, 0) is 0 Å². The molecule has 0 amide bonds. The molecule has 0 saturated heterocycles. The lowest BCUT2D eigenvalue weighted by atomic mass is 10.0. The normalized spacial score (nSPS) is 14.7. The van der Waals surface area contributed by atoms with Crippen molar-refractivity contribution < 1.29 is 0 Å². The fourth-order valence-electron chi connectivity index (χ4n) is 2.61. The molecule has 1 aromatic carbocycles. The van der Waals surface area contributed by atoms with Crippen LogP contribution >= 0.6 is 0 Å². The van der Waals surface area contributed by atoms with Crippen molar-refractivity contribution in [3.8, 4) is 0 Å². The van der Waals surface area contributed by atoms with Crippen molar-refractivity contribution in [1.82, 2.24) is 15.2 Å². The quantitative estimate of drug-likeness (QED) is 0.622. The Bertz CT molecular complexity index is 862. The number of hydrogen-bond donors (Lipinski definition) is 0. The Balaban J connectivity index is 1.94. The van der Waals surface area contributed by atoms with Gasteiger partial charge in [-0.05, 0) is 24.5 Å². The van der Waals surface area contributed by atoms with E-state index < -0.39 is 0 Å². The van der Waals surface area contributed by atoms with Gasteiger partial charge in [-0.2, -0.15) is 5.10 Å². The lowest BCUT2D eigenvalue weighted by Gasteiger charge is -2.08. The van der Waals surface area contributed by atoms with E-state index in [1.165, 1.54) is 5.57 Å². The molecule has 2 aromatic heterocycles. The van der Waals surface area contributed by atoms with Gasteiger partial charge in [0, 0.05) is 17.0 Å². The van der Waals surface area contributed by atoms with E-state index in [-0.39, 0.29) is 0 Å². The van der Waals surface area contributed by atoms with Crippen molar-refractivity contribution in [2.24, 2.45) is 0 Å². The molecule has 3 nitrogen and oxygen atoms in total. The second kappa shape index (κ2) is 4.53. The van der Waals surface area contributed by atoms with Crippen LogP contribution in [0.25, 0.3) is 27.4 Å². The Morgan fingerprint density at radius 2 is 2.00 bits per heavy atom. The average molecular weight is 259 g/mol. The maximum absolute atomic E-state index is 4.52. The largest absolute Gasteiger partial charge is 0.254 e. The summed E-state index contributed by atoms with van der Waals surface area (Å²) in [5.41, 5.74) is 3.95. The third kappa shape index (κ3) is 1.79. The van der Waals surface area contributed by atoms with Crippen molar-refractivity contribution in [2.75, 3.05) is 0 Å². The maximum Gasteiger partial charge on any atom is 0.119 e. The summed E-state index contributed by atoms with van der Waals surface area (Å²) < 4.78 is 0. The Labute approximate surface area is 116 Å². The minimum absolute atomic E-state index is 0.874. The highest BCUT2D eigenvalue weighted by Crippen LogP contribution is 2.25. The highest BCUT2D eigenvalue weighted by Gasteiger charge is 2.09. The molecule has 0 atom stereocenters. The first-order valence-corrected chi connectivity index (χ1v) is 6.79. The van der Waals surface area contributed by atoms with Crippen LogP contribution in [0.1, 0.15) is 18.5 Å². The molecule has 0 bridgehead atoms. The highest BCUT2D eigenvalue weighted by molar-refractivity contribution is 6.02. The van der Waals surface area contributed by atoms with Crippen molar-refractivity contribution >= 4 is 27.4 Å². The van der Waals surface area contributed by atoms with Gasteiger partial charge in [0.25, 0.3) is 0 Å². The van der Waals surface area contributed by atoms with Crippen LogP contribution in [0.3, 0.4) is 0 Å². The van der Waals surface area contributed by atoms with Crippen LogP contribution < -0.4 is 0 Å². The number of nitrogens with zero attached hydrogens (tertiary/aromatic N) is 3. The molecule has 3 aromatic rings. The molecule has 0 radical (unpaired) electrons. The Morgan fingerprint density at radius 1 is 1.05 bits per heavy atom. The molecular formula is C17H13N3. The van der Waals surface area contributed by atoms with Gasteiger partial charge in [-0.25, -0.2) is 0 Å². The van der Waals surface area contributed by atoms with E-state index in [4.69, 9.17) is 0 Å². The maximum atomic E-state index is 4.52. The van der Waals surface area contributed by atoms with E-state index >= 15 is 0 Å². The van der Waals surface area contributed by atoms with Crippen molar-refractivity contribution in [2.45, 2.75) is 12.8 Å².